The highest BCUT2D eigenvalue weighted by molar-refractivity contribution is 6.13. The molecule has 0 saturated heterocycles. The van der Waals surface area contributed by atoms with E-state index in [0.29, 0.717) is 0 Å². The van der Waals surface area contributed by atoms with Crippen LogP contribution in [-0.2, 0) is 11.3 Å². The summed E-state index contributed by atoms with van der Waals surface area (Å²) in [6.45, 7) is -0.228. The maximum atomic E-state index is 12.0. The molecule has 1 N–H and O–H groups in total. The second kappa shape index (κ2) is 7.23. The number of carbonyl (C=O) groups is 1. The maximum absolute atomic E-state index is 12.0. The Morgan fingerprint density at radius 2 is 1.79 bits per heavy atom. The van der Waals surface area contributed by atoms with Crippen molar-refractivity contribution in [3.8, 4) is 0 Å². The summed E-state index contributed by atoms with van der Waals surface area (Å²) in [6.07, 6.45) is 2.73. The third-order valence-corrected chi connectivity index (χ3v) is 4.19. The highest BCUT2D eigenvalue weighted by Gasteiger charge is 2.15. The van der Waals surface area contributed by atoms with Crippen molar-refractivity contribution in [2.75, 3.05) is 0 Å². The standard InChI is InChI=1S/C19H14N6O3/c26-18(11-24-12-20-19(23-24)25(27)28)22-21-10-17-15-7-3-1-5-13(15)9-14-6-2-4-8-16(14)17/h1-10,12H,11H2,(H,22,26)/b21-10-. The molecule has 138 valence electrons. The third kappa shape index (κ3) is 3.40. The van der Waals surface area contributed by atoms with Gasteiger partial charge in [-0.2, -0.15) is 9.78 Å². The fourth-order valence-electron chi connectivity index (χ4n) is 2.98. The van der Waals surface area contributed by atoms with Gasteiger partial charge >= 0.3 is 5.95 Å². The third-order valence-electron chi connectivity index (χ3n) is 4.19. The monoisotopic (exact) mass is 374 g/mol. The number of nitro groups is 1. The largest absolute Gasteiger partial charge is 0.490 e. The van der Waals surface area contributed by atoms with Crippen molar-refractivity contribution in [1.29, 1.82) is 0 Å². The van der Waals surface area contributed by atoms with E-state index in [1.165, 1.54) is 0 Å². The maximum Gasteiger partial charge on any atom is 0.490 e. The van der Waals surface area contributed by atoms with Crippen molar-refractivity contribution >= 4 is 39.6 Å². The number of hydrogen-bond donors (Lipinski definition) is 1. The number of rotatable bonds is 5. The van der Waals surface area contributed by atoms with E-state index >= 15 is 0 Å². The van der Waals surface area contributed by atoms with Gasteiger partial charge in [0.15, 0.2) is 0 Å². The van der Waals surface area contributed by atoms with Crippen molar-refractivity contribution in [2.45, 2.75) is 6.54 Å². The molecule has 0 radical (unpaired) electrons. The SMILES string of the molecule is O=C(Cn1cnc([N+](=O)[O-])n1)N/N=C\c1c2ccccc2cc2ccccc12. The molecule has 4 rings (SSSR count). The lowest BCUT2D eigenvalue weighted by Crippen LogP contribution is -2.23. The number of fused-ring (bicyclic) bond motifs is 2. The predicted molar refractivity (Wildman–Crippen MR) is 104 cm³/mol. The lowest BCUT2D eigenvalue weighted by Gasteiger charge is -2.07. The molecular weight excluding hydrogens is 360 g/mol. The number of benzene rings is 3. The minimum Gasteiger partial charge on any atom is -0.390 e. The number of hydrogen-bond acceptors (Lipinski definition) is 6. The van der Waals surface area contributed by atoms with Gasteiger partial charge in [-0.1, -0.05) is 53.5 Å². The Balaban J connectivity index is 1.57. The van der Waals surface area contributed by atoms with E-state index in [1.807, 2.05) is 48.5 Å². The molecule has 0 aliphatic carbocycles. The highest BCUT2D eigenvalue weighted by atomic mass is 16.6. The van der Waals surface area contributed by atoms with Crippen LogP contribution in [0.1, 0.15) is 5.56 Å². The van der Waals surface area contributed by atoms with Crippen LogP contribution in [0.4, 0.5) is 5.95 Å². The van der Waals surface area contributed by atoms with Gasteiger partial charge in [-0.05, 0) is 32.5 Å². The summed E-state index contributed by atoms with van der Waals surface area (Å²) in [4.78, 5) is 25.4. The molecular formula is C19H14N6O3. The van der Waals surface area contributed by atoms with Crippen LogP contribution in [0.15, 0.2) is 66.0 Å². The van der Waals surface area contributed by atoms with E-state index < -0.39 is 16.8 Å². The van der Waals surface area contributed by atoms with E-state index in [2.05, 4.69) is 26.7 Å². The van der Waals surface area contributed by atoms with Crippen LogP contribution in [0.2, 0.25) is 0 Å². The summed E-state index contributed by atoms with van der Waals surface area (Å²) in [5.74, 6) is -1.03. The average molecular weight is 374 g/mol. The number of aromatic nitrogens is 3. The fraction of sp³-hybridized carbons (Fsp3) is 0.0526. The summed E-state index contributed by atoms with van der Waals surface area (Å²) >= 11 is 0. The number of carbonyl (C=O) groups excluding carboxylic acids is 1. The van der Waals surface area contributed by atoms with Gasteiger partial charge in [-0.25, -0.2) is 5.43 Å². The smallest absolute Gasteiger partial charge is 0.390 e. The summed E-state index contributed by atoms with van der Waals surface area (Å²) in [5, 5.41) is 22.4. The van der Waals surface area contributed by atoms with E-state index in [-0.39, 0.29) is 6.54 Å². The van der Waals surface area contributed by atoms with Gasteiger partial charge in [0.1, 0.15) is 6.54 Å². The summed E-state index contributed by atoms with van der Waals surface area (Å²) in [7, 11) is 0. The molecule has 0 aliphatic rings. The zero-order chi connectivity index (χ0) is 19.5. The van der Waals surface area contributed by atoms with Gasteiger partial charge in [0.2, 0.25) is 6.33 Å². The molecule has 3 aromatic carbocycles. The summed E-state index contributed by atoms with van der Waals surface area (Å²) < 4.78 is 1.08. The fourth-order valence-corrected chi connectivity index (χ4v) is 2.98. The number of nitrogens with zero attached hydrogens (tertiary/aromatic N) is 5. The Kier molecular flexibility index (Phi) is 4.47. The van der Waals surface area contributed by atoms with E-state index in [9.17, 15) is 14.9 Å². The first-order chi connectivity index (χ1) is 13.6. The van der Waals surface area contributed by atoms with Gasteiger partial charge in [0.25, 0.3) is 5.91 Å². The molecule has 1 aromatic heterocycles. The normalized spacial score (nSPS) is 11.3. The zero-order valence-electron chi connectivity index (χ0n) is 14.5. The molecule has 0 fully saturated rings. The molecule has 9 heteroatoms. The average Bonchev–Trinajstić information content (AvgIpc) is 3.16. The van der Waals surface area contributed by atoms with Crippen molar-refractivity contribution in [3.05, 3.63) is 76.6 Å². The summed E-state index contributed by atoms with van der Waals surface area (Å²) in [5.41, 5.74) is 3.31. The molecule has 1 amide bonds. The van der Waals surface area contributed by atoms with Crippen molar-refractivity contribution in [2.24, 2.45) is 5.10 Å². The number of hydrazone groups is 1. The van der Waals surface area contributed by atoms with Crippen LogP contribution in [-0.4, -0.2) is 31.8 Å². The van der Waals surface area contributed by atoms with Gasteiger partial charge in [-0.3, -0.25) is 4.79 Å². The molecule has 0 aliphatic heterocycles. The Bertz CT molecular complexity index is 1180. The highest BCUT2D eigenvalue weighted by Crippen LogP contribution is 2.27. The van der Waals surface area contributed by atoms with Crippen molar-refractivity contribution < 1.29 is 9.72 Å². The van der Waals surface area contributed by atoms with Crippen LogP contribution in [0.3, 0.4) is 0 Å². The van der Waals surface area contributed by atoms with Gasteiger partial charge in [0.05, 0.1) is 6.21 Å². The van der Waals surface area contributed by atoms with Crippen LogP contribution in [0.25, 0.3) is 21.5 Å². The van der Waals surface area contributed by atoms with Gasteiger partial charge < -0.3 is 10.1 Å². The van der Waals surface area contributed by atoms with Gasteiger partial charge in [0, 0.05) is 10.7 Å². The Morgan fingerprint density at radius 1 is 1.14 bits per heavy atom. The molecule has 0 unspecified atom stereocenters. The molecule has 0 bridgehead atoms. The van der Waals surface area contributed by atoms with Gasteiger partial charge in [-0.15, -0.1) is 0 Å². The second-order valence-electron chi connectivity index (χ2n) is 6.02. The first kappa shape index (κ1) is 17.3. The molecule has 9 nitrogen and oxygen atoms in total. The van der Waals surface area contributed by atoms with Crippen LogP contribution < -0.4 is 5.43 Å². The topological polar surface area (TPSA) is 115 Å². The van der Waals surface area contributed by atoms with Crippen LogP contribution >= 0.6 is 0 Å². The van der Waals surface area contributed by atoms with Crippen molar-refractivity contribution in [3.63, 3.8) is 0 Å². The van der Waals surface area contributed by atoms with Crippen LogP contribution in [0, 0.1) is 10.1 Å². The van der Waals surface area contributed by atoms with Crippen LogP contribution in [0.5, 0.6) is 0 Å². The molecule has 0 spiro atoms. The van der Waals surface area contributed by atoms with Crippen molar-refractivity contribution in [1.82, 2.24) is 20.2 Å². The van der Waals surface area contributed by atoms with E-state index in [0.717, 1.165) is 38.1 Å². The lowest BCUT2D eigenvalue weighted by molar-refractivity contribution is -0.394. The minimum absolute atomic E-state index is 0.228. The first-order valence-electron chi connectivity index (χ1n) is 8.38. The second-order valence-corrected chi connectivity index (χ2v) is 6.02. The molecule has 0 saturated carbocycles. The molecule has 0 atom stereocenters. The molecule has 4 aromatic rings. The first-order valence-corrected chi connectivity index (χ1v) is 8.38. The number of amides is 1. The molecule has 28 heavy (non-hydrogen) atoms. The quantitative estimate of drug-likeness (QED) is 0.249. The lowest BCUT2D eigenvalue weighted by atomic mass is 9.97. The number of nitrogens with one attached hydrogen (secondary N) is 1. The molecule has 1 heterocycles. The predicted octanol–water partition coefficient (Wildman–Crippen LogP) is 2.64. The minimum atomic E-state index is -0.724. The van der Waals surface area contributed by atoms with E-state index in [4.69, 9.17) is 0 Å². The summed E-state index contributed by atoms with van der Waals surface area (Å²) in [6, 6.07) is 18.0. The van der Waals surface area contributed by atoms with E-state index in [1.54, 1.807) is 6.21 Å². The Hall–Kier alpha value is -4.14. The Labute approximate surface area is 158 Å². The Morgan fingerprint density at radius 3 is 2.39 bits per heavy atom. The zero-order valence-corrected chi connectivity index (χ0v) is 14.5.